The first-order valence-corrected chi connectivity index (χ1v) is 8.42. The van der Waals surface area contributed by atoms with E-state index >= 15 is 0 Å². The Morgan fingerprint density at radius 3 is 3.21 bits per heavy atom. The van der Waals surface area contributed by atoms with Gasteiger partial charge in [-0.1, -0.05) is 11.2 Å². The molecule has 6 nitrogen and oxygen atoms in total. The second-order valence-corrected chi connectivity index (χ2v) is 7.03. The van der Waals surface area contributed by atoms with E-state index in [1.54, 1.807) is 6.20 Å². The quantitative estimate of drug-likeness (QED) is 0.808. The van der Waals surface area contributed by atoms with Crippen LogP contribution in [-0.2, 0) is 22.6 Å². The lowest BCUT2D eigenvalue weighted by molar-refractivity contribution is 0.0181. The van der Waals surface area contributed by atoms with E-state index in [9.17, 15) is 0 Å². The van der Waals surface area contributed by atoms with Crippen LogP contribution in [0.5, 0.6) is 0 Å². The van der Waals surface area contributed by atoms with E-state index in [0.29, 0.717) is 12.5 Å². The second kappa shape index (κ2) is 6.63. The molecular formula is C18H23N3O3. The zero-order valence-electron chi connectivity index (χ0n) is 14.0. The van der Waals surface area contributed by atoms with Crippen LogP contribution in [0.25, 0.3) is 0 Å². The zero-order valence-corrected chi connectivity index (χ0v) is 14.0. The van der Waals surface area contributed by atoms with Gasteiger partial charge in [-0.15, -0.1) is 0 Å². The largest absolute Gasteiger partial charge is 0.380 e. The monoisotopic (exact) mass is 329 g/mol. The van der Waals surface area contributed by atoms with E-state index in [4.69, 9.17) is 14.0 Å². The molecule has 0 aromatic carbocycles. The van der Waals surface area contributed by atoms with Gasteiger partial charge in [0.1, 0.15) is 5.76 Å². The van der Waals surface area contributed by atoms with E-state index in [2.05, 4.69) is 15.0 Å². The van der Waals surface area contributed by atoms with Gasteiger partial charge in [-0.05, 0) is 18.6 Å². The van der Waals surface area contributed by atoms with Gasteiger partial charge in [-0.3, -0.25) is 9.88 Å². The summed E-state index contributed by atoms with van der Waals surface area (Å²) in [5, 5.41) is 4.11. The molecule has 0 unspecified atom stereocenters. The maximum atomic E-state index is 6.03. The van der Waals surface area contributed by atoms with Gasteiger partial charge in [0.25, 0.3) is 0 Å². The normalized spacial score (nSPS) is 26.8. The minimum Gasteiger partial charge on any atom is -0.380 e. The number of hydrogen-bond donors (Lipinski definition) is 0. The van der Waals surface area contributed by atoms with Crippen LogP contribution < -0.4 is 0 Å². The predicted molar refractivity (Wildman–Crippen MR) is 87.2 cm³/mol. The van der Waals surface area contributed by atoms with Crippen LogP contribution in [0.1, 0.15) is 17.0 Å². The number of pyridine rings is 1. The Balaban J connectivity index is 1.36. The van der Waals surface area contributed by atoms with Gasteiger partial charge in [0, 0.05) is 49.4 Å². The molecule has 0 amide bonds. The summed E-state index contributed by atoms with van der Waals surface area (Å²) < 4.78 is 17.0. The van der Waals surface area contributed by atoms with Gasteiger partial charge in [0.15, 0.2) is 0 Å². The van der Waals surface area contributed by atoms with Crippen LogP contribution in [0, 0.1) is 18.3 Å². The third kappa shape index (κ3) is 3.22. The number of ether oxygens (including phenoxy) is 2. The van der Waals surface area contributed by atoms with Crippen LogP contribution in [-0.4, -0.2) is 48.0 Å². The van der Waals surface area contributed by atoms with E-state index in [0.717, 1.165) is 56.5 Å². The number of aromatic nitrogens is 2. The summed E-state index contributed by atoms with van der Waals surface area (Å²) in [5.74, 6) is 1.39. The molecule has 4 heterocycles. The highest BCUT2D eigenvalue weighted by atomic mass is 16.5. The summed E-state index contributed by atoms with van der Waals surface area (Å²) in [6.45, 7) is 7.70. The van der Waals surface area contributed by atoms with E-state index < -0.39 is 0 Å². The Bertz CT molecular complexity index is 675. The molecule has 0 spiro atoms. The van der Waals surface area contributed by atoms with Gasteiger partial charge in [-0.25, -0.2) is 0 Å². The van der Waals surface area contributed by atoms with Crippen molar-refractivity contribution in [3.8, 4) is 0 Å². The van der Waals surface area contributed by atoms with E-state index in [1.165, 1.54) is 0 Å². The molecule has 2 atom stereocenters. The van der Waals surface area contributed by atoms with Crippen molar-refractivity contribution in [2.45, 2.75) is 20.1 Å². The highest BCUT2D eigenvalue weighted by Crippen LogP contribution is 2.42. The molecule has 0 saturated carbocycles. The van der Waals surface area contributed by atoms with Crippen LogP contribution in [0.15, 0.2) is 35.1 Å². The molecule has 2 saturated heterocycles. The second-order valence-electron chi connectivity index (χ2n) is 7.03. The summed E-state index contributed by atoms with van der Waals surface area (Å²) >= 11 is 0. The lowest BCUT2D eigenvalue weighted by Gasteiger charge is -2.27. The molecular weight excluding hydrogens is 306 g/mol. The Hall–Kier alpha value is -1.76. The summed E-state index contributed by atoms with van der Waals surface area (Å²) in [6, 6.07) is 5.99. The third-order valence-corrected chi connectivity index (χ3v) is 5.04. The van der Waals surface area contributed by atoms with Crippen LogP contribution in [0.4, 0.5) is 0 Å². The van der Waals surface area contributed by atoms with Crippen molar-refractivity contribution in [1.82, 2.24) is 15.0 Å². The molecule has 4 rings (SSSR count). The Kier molecular flexibility index (Phi) is 4.35. The predicted octanol–water partition coefficient (Wildman–Crippen LogP) is 2.04. The van der Waals surface area contributed by atoms with Crippen molar-refractivity contribution < 1.29 is 14.0 Å². The summed E-state index contributed by atoms with van der Waals surface area (Å²) in [6.07, 6.45) is 3.64. The summed E-state index contributed by atoms with van der Waals surface area (Å²) in [7, 11) is 0. The summed E-state index contributed by atoms with van der Waals surface area (Å²) in [5.41, 5.74) is 2.21. The zero-order chi connectivity index (χ0) is 16.4. The average molecular weight is 329 g/mol. The molecule has 2 fully saturated rings. The fourth-order valence-electron chi connectivity index (χ4n) is 3.84. The maximum Gasteiger partial charge on any atom is 0.133 e. The molecule has 24 heavy (non-hydrogen) atoms. The standard InChI is InChI=1S/C18H23N3O3/c1-14-5-17(20-24-14)8-21-7-16-10-23-13-18(16,11-21)12-22-9-15-3-2-4-19-6-15/h2-6,16H,7-13H2,1H3/t16-,18-/m1/s1. The molecule has 2 aliphatic rings. The summed E-state index contributed by atoms with van der Waals surface area (Å²) in [4.78, 5) is 6.57. The molecule has 2 aliphatic heterocycles. The Morgan fingerprint density at radius 2 is 2.42 bits per heavy atom. The fraction of sp³-hybridized carbons (Fsp3) is 0.556. The van der Waals surface area contributed by atoms with Crippen molar-refractivity contribution in [2.75, 3.05) is 32.9 Å². The fourth-order valence-corrected chi connectivity index (χ4v) is 3.84. The molecule has 0 bridgehead atoms. The van der Waals surface area contributed by atoms with E-state index in [-0.39, 0.29) is 5.41 Å². The lowest BCUT2D eigenvalue weighted by Crippen LogP contribution is -2.35. The van der Waals surface area contributed by atoms with Crippen LogP contribution in [0.2, 0.25) is 0 Å². The van der Waals surface area contributed by atoms with Gasteiger partial charge in [0.05, 0.1) is 32.1 Å². The van der Waals surface area contributed by atoms with E-state index in [1.807, 2.05) is 31.3 Å². The smallest absolute Gasteiger partial charge is 0.133 e. The first kappa shape index (κ1) is 15.7. The number of hydrogen-bond acceptors (Lipinski definition) is 6. The van der Waals surface area contributed by atoms with Crippen LogP contribution >= 0.6 is 0 Å². The Morgan fingerprint density at radius 1 is 1.46 bits per heavy atom. The van der Waals surface area contributed by atoms with Crippen molar-refractivity contribution >= 4 is 0 Å². The molecule has 0 aliphatic carbocycles. The highest BCUT2D eigenvalue weighted by Gasteiger charge is 2.50. The van der Waals surface area contributed by atoms with Gasteiger partial charge in [0.2, 0.25) is 0 Å². The molecule has 2 aromatic rings. The third-order valence-electron chi connectivity index (χ3n) is 5.04. The van der Waals surface area contributed by atoms with Crippen molar-refractivity contribution in [2.24, 2.45) is 11.3 Å². The first-order chi connectivity index (χ1) is 11.7. The number of rotatable bonds is 6. The SMILES string of the molecule is Cc1cc(CN2C[C@@H]3COC[C@]3(COCc3cccnc3)C2)no1. The minimum atomic E-state index is 0.0982. The minimum absolute atomic E-state index is 0.0982. The number of fused-ring (bicyclic) bond motifs is 1. The molecule has 0 radical (unpaired) electrons. The first-order valence-electron chi connectivity index (χ1n) is 8.42. The molecule has 0 N–H and O–H groups in total. The van der Waals surface area contributed by atoms with Crippen molar-refractivity contribution in [1.29, 1.82) is 0 Å². The van der Waals surface area contributed by atoms with Crippen molar-refractivity contribution in [3.05, 3.63) is 47.6 Å². The molecule has 6 heteroatoms. The average Bonchev–Trinajstić information content (AvgIpc) is 3.23. The maximum absolute atomic E-state index is 6.03. The Labute approximate surface area is 141 Å². The number of nitrogens with zero attached hydrogens (tertiary/aromatic N) is 3. The van der Waals surface area contributed by atoms with Gasteiger partial charge >= 0.3 is 0 Å². The molecule has 2 aromatic heterocycles. The van der Waals surface area contributed by atoms with Gasteiger partial charge < -0.3 is 14.0 Å². The number of likely N-dealkylation sites (tertiary alicyclic amines) is 1. The highest BCUT2D eigenvalue weighted by molar-refractivity contribution is 5.08. The number of aryl methyl sites for hydroxylation is 1. The van der Waals surface area contributed by atoms with Crippen LogP contribution in [0.3, 0.4) is 0 Å². The van der Waals surface area contributed by atoms with Crippen molar-refractivity contribution in [3.63, 3.8) is 0 Å². The molecule has 128 valence electrons. The topological polar surface area (TPSA) is 60.6 Å². The van der Waals surface area contributed by atoms with Gasteiger partial charge in [-0.2, -0.15) is 0 Å². The lowest BCUT2D eigenvalue weighted by atomic mass is 9.82.